The fourth-order valence-electron chi connectivity index (χ4n) is 2.63. The molecule has 114 valence electrons. The van der Waals surface area contributed by atoms with Crippen molar-refractivity contribution in [2.75, 3.05) is 13.1 Å². The van der Waals surface area contributed by atoms with Crippen molar-refractivity contribution >= 4 is 23.2 Å². The third kappa shape index (κ3) is 3.33. The summed E-state index contributed by atoms with van der Waals surface area (Å²) in [5.74, 6) is -0.0192. The van der Waals surface area contributed by atoms with Crippen molar-refractivity contribution in [2.45, 2.75) is 25.8 Å². The fourth-order valence-corrected chi connectivity index (χ4v) is 2.83. The summed E-state index contributed by atoms with van der Waals surface area (Å²) in [6.45, 7) is 3.16. The van der Waals surface area contributed by atoms with E-state index in [0.717, 1.165) is 12.8 Å². The van der Waals surface area contributed by atoms with Crippen LogP contribution < -0.4 is 5.73 Å². The first-order valence-corrected chi connectivity index (χ1v) is 7.30. The van der Waals surface area contributed by atoms with Gasteiger partial charge in [0, 0.05) is 31.3 Å². The van der Waals surface area contributed by atoms with E-state index in [4.69, 9.17) is 17.3 Å². The minimum atomic E-state index is -0.534. The van der Waals surface area contributed by atoms with Crippen LogP contribution in [0.5, 0.6) is 0 Å². The van der Waals surface area contributed by atoms with E-state index in [1.165, 1.54) is 18.2 Å². The molecule has 1 fully saturated rings. The fraction of sp³-hybridized carbons (Fsp3) is 0.500. The van der Waals surface area contributed by atoms with Crippen molar-refractivity contribution in [3.63, 3.8) is 0 Å². The van der Waals surface area contributed by atoms with Gasteiger partial charge in [-0.25, -0.2) is 0 Å². The Bertz CT molecular complexity index is 564. The standard InChI is InChI=1S/C14H18ClN3O3/c1-2-9-8-17(6-5-13(9)16)14(19)11-7-10(18(20)21)3-4-12(11)15/h3-4,7,9,13H,2,5-6,8,16H2,1H3. The van der Waals surface area contributed by atoms with Gasteiger partial charge in [0.05, 0.1) is 15.5 Å². The van der Waals surface area contributed by atoms with E-state index in [9.17, 15) is 14.9 Å². The molecule has 1 heterocycles. The van der Waals surface area contributed by atoms with Gasteiger partial charge < -0.3 is 10.6 Å². The van der Waals surface area contributed by atoms with Gasteiger partial charge in [0.25, 0.3) is 11.6 Å². The number of likely N-dealkylation sites (tertiary alicyclic amines) is 1. The zero-order chi connectivity index (χ0) is 15.6. The highest BCUT2D eigenvalue weighted by Crippen LogP contribution is 2.26. The first kappa shape index (κ1) is 15.7. The molecule has 0 aliphatic carbocycles. The van der Waals surface area contributed by atoms with Crippen LogP contribution in [-0.4, -0.2) is 34.9 Å². The maximum Gasteiger partial charge on any atom is 0.270 e. The van der Waals surface area contributed by atoms with Crippen LogP contribution in [0.25, 0.3) is 0 Å². The number of halogens is 1. The molecule has 0 aromatic heterocycles. The number of nitro groups is 1. The Morgan fingerprint density at radius 1 is 1.57 bits per heavy atom. The van der Waals surface area contributed by atoms with E-state index in [-0.39, 0.29) is 34.1 Å². The summed E-state index contributed by atoms with van der Waals surface area (Å²) in [6.07, 6.45) is 1.63. The van der Waals surface area contributed by atoms with Gasteiger partial charge in [-0.3, -0.25) is 14.9 Å². The quantitative estimate of drug-likeness (QED) is 0.686. The number of carbonyl (C=O) groups excluding carboxylic acids is 1. The highest BCUT2D eigenvalue weighted by atomic mass is 35.5. The molecule has 7 heteroatoms. The second-order valence-electron chi connectivity index (χ2n) is 5.29. The molecule has 2 N–H and O–H groups in total. The van der Waals surface area contributed by atoms with E-state index in [2.05, 4.69) is 0 Å². The van der Waals surface area contributed by atoms with Crippen LogP contribution in [-0.2, 0) is 0 Å². The number of benzene rings is 1. The molecule has 0 spiro atoms. The first-order valence-electron chi connectivity index (χ1n) is 6.92. The average Bonchev–Trinajstić information content (AvgIpc) is 2.47. The molecular weight excluding hydrogens is 294 g/mol. The molecule has 1 aliphatic heterocycles. The smallest absolute Gasteiger partial charge is 0.270 e. The van der Waals surface area contributed by atoms with Crippen LogP contribution in [0, 0.1) is 16.0 Å². The molecular formula is C14H18ClN3O3. The highest BCUT2D eigenvalue weighted by molar-refractivity contribution is 6.33. The van der Waals surface area contributed by atoms with Crippen LogP contribution in [0.4, 0.5) is 5.69 Å². The molecule has 0 saturated carbocycles. The van der Waals surface area contributed by atoms with E-state index < -0.39 is 4.92 Å². The molecule has 0 radical (unpaired) electrons. The summed E-state index contributed by atoms with van der Waals surface area (Å²) in [6, 6.07) is 4.01. The van der Waals surface area contributed by atoms with Crippen molar-refractivity contribution in [3.05, 3.63) is 38.9 Å². The van der Waals surface area contributed by atoms with E-state index in [0.29, 0.717) is 13.1 Å². The lowest BCUT2D eigenvalue weighted by atomic mass is 9.90. The van der Waals surface area contributed by atoms with Gasteiger partial charge in [0.1, 0.15) is 0 Å². The summed E-state index contributed by atoms with van der Waals surface area (Å²) in [5, 5.41) is 11.1. The number of non-ortho nitro benzene ring substituents is 1. The summed E-state index contributed by atoms with van der Waals surface area (Å²) >= 11 is 6.02. The summed E-state index contributed by atoms with van der Waals surface area (Å²) in [5.41, 5.74) is 6.07. The van der Waals surface area contributed by atoms with Crippen molar-refractivity contribution in [1.82, 2.24) is 4.90 Å². The zero-order valence-corrected chi connectivity index (χ0v) is 12.5. The Hall–Kier alpha value is -1.66. The second kappa shape index (κ2) is 6.41. The predicted molar refractivity (Wildman–Crippen MR) is 80.4 cm³/mol. The Labute approximate surface area is 128 Å². The Morgan fingerprint density at radius 3 is 2.90 bits per heavy atom. The molecule has 6 nitrogen and oxygen atoms in total. The predicted octanol–water partition coefficient (Wildman–Crippen LogP) is 2.45. The third-order valence-electron chi connectivity index (χ3n) is 4.00. The largest absolute Gasteiger partial charge is 0.338 e. The molecule has 0 bridgehead atoms. The van der Waals surface area contributed by atoms with Gasteiger partial charge in [-0.1, -0.05) is 24.9 Å². The lowest BCUT2D eigenvalue weighted by Gasteiger charge is -2.36. The lowest BCUT2D eigenvalue weighted by molar-refractivity contribution is -0.384. The molecule has 1 aromatic rings. The molecule has 2 rings (SSSR count). The molecule has 2 unspecified atom stereocenters. The Morgan fingerprint density at radius 2 is 2.29 bits per heavy atom. The van der Waals surface area contributed by atoms with Crippen LogP contribution in [0.2, 0.25) is 5.02 Å². The van der Waals surface area contributed by atoms with Gasteiger partial charge in [-0.2, -0.15) is 0 Å². The first-order chi connectivity index (χ1) is 9.93. The highest BCUT2D eigenvalue weighted by Gasteiger charge is 2.30. The summed E-state index contributed by atoms with van der Waals surface area (Å²) in [4.78, 5) is 24.5. The summed E-state index contributed by atoms with van der Waals surface area (Å²) < 4.78 is 0. The van der Waals surface area contributed by atoms with E-state index >= 15 is 0 Å². The summed E-state index contributed by atoms with van der Waals surface area (Å²) in [7, 11) is 0. The maximum absolute atomic E-state index is 12.5. The van der Waals surface area contributed by atoms with Crippen molar-refractivity contribution in [3.8, 4) is 0 Å². The average molecular weight is 312 g/mol. The number of nitro benzene ring substituents is 1. The maximum atomic E-state index is 12.5. The van der Waals surface area contributed by atoms with Crippen molar-refractivity contribution in [2.24, 2.45) is 11.7 Å². The number of rotatable bonds is 3. The van der Waals surface area contributed by atoms with Crippen LogP contribution >= 0.6 is 11.6 Å². The minimum absolute atomic E-state index is 0.0969. The minimum Gasteiger partial charge on any atom is -0.338 e. The molecule has 21 heavy (non-hydrogen) atoms. The number of piperidine rings is 1. The molecule has 2 atom stereocenters. The lowest BCUT2D eigenvalue weighted by Crippen LogP contribution is -2.49. The van der Waals surface area contributed by atoms with Gasteiger partial charge >= 0.3 is 0 Å². The number of hydrogen-bond donors (Lipinski definition) is 1. The monoisotopic (exact) mass is 311 g/mol. The SMILES string of the molecule is CCC1CN(C(=O)c2cc([N+](=O)[O-])ccc2Cl)CCC1N. The number of carbonyl (C=O) groups is 1. The molecule has 1 saturated heterocycles. The molecule has 1 aromatic carbocycles. The number of amides is 1. The Balaban J connectivity index is 2.24. The normalized spacial score (nSPS) is 22.1. The molecule has 1 amide bonds. The van der Waals surface area contributed by atoms with E-state index in [1.54, 1.807) is 4.90 Å². The van der Waals surface area contributed by atoms with Gasteiger partial charge in [0.2, 0.25) is 0 Å². The van der Waals surface area contributed by atoms with E-state index in [1.807, 2.05) is 6.92 Å². The zero-order valence-electron chi connectivity index (χ0n) is 11.8. The second-order valence-corrected chi connectivity index (χ2v) is 5.70. The number of nitrogens with zero attached hydrogens (tertiary/aromatic N) is 2. The number of hydrogen-bond acceptors (Lipinski definition) is 4. The number of nitrogens with two attached hydrogens (primary N) is 1. The van der Waals surface area contributed by atoms with Crippen LogP contribution in [0.15, 0.2) is 18.2 Å². The van der Waals surface area contributed by atoms with Gasteiger partial charge in [-0.15, -0.1) is 0 Å². The molecule has 1 aliphatic rings. The van der Waals surface area contributed by atoms with Gasteiger partial charge in [0.15, 0.2) is 0 Å². The van der Waals surface area contributed by atoms with Gasteiger partial charge in [-0.05, 0) is 18.4 Å². The van der Waals surface area contributed by atoms with Crippen LogP contribution in [0.3, 0.4) is 0 Å². The van der Waals surface area contributed by atoms with Crippen molar-refractivity contribution < 1.29 is 9.72 Å². The van der Waals surface area contributed by atoms with Crippen LogP contribution in [0.1, 0.15) is 30.1 Å². The Kier molecular flexibility index (Phi) is 4.80. The topological polar surface area (TPSA) is 89.5 Å². The third-order valence-corrected chi connectivity index (χ3v) is 4.33. The van der Waals surface area contributed by atoms with Crippen molar-refractivity contribution in [1.29, 1.82) is 0 Å².